The van der Waals surface area contributed by atoms with Gasteiger partial charge in [-0.15, -0.1) is 0 Å². The van der Waals surface area contributed by atoms with Gasteiger partial charge in [-0.3, -0.25) is 4.18 Å². The van der Waals surface area contributed by atoms with E-state index in [2.05, 4.69) is 0 Å². The molecule has 0 bridgehead atoms. The molecular weight excluding hydrogens is 176 g/mol. The smallest absolute Gasteiger partial charge is 0.152 e. The van der Waals surface area contributed by atoms with Crippen molar-refractivity contribution in [2.75, 3.05) is 20.0 Å². The standard InChI is InChI=1S/C8H18O3S/c1-7(2)8(5-6-10-3)11-12(4)9/h7-8H,5-6H2,1-4H3. The van der Waals surface area contributed by atoms with Gasteiger partial charge in [-0.1, -0.05) is 13.8 Å². The minimum absolute atomic E-state index is 0.0378. The summed E-state index contributed by atoms with van der Waals surface area (Å²) >= 11 is -1.18. The first kappa shape index (κ1) is 12.1. The third-order valence-electron chi connectivity index (χ3n) is 1.61. The van der Waals surface area contributed by atoms with Gasteiger partial charge in [-0.2, -0.15) is 0 Å². The van der Waals surface area contributed by atoms with E-state index in [1.54, 1.807) is 13.4 Å². The van der Waals surface area contributed by atoms with Gasteiger partial charge in [0.25, 0.3) is 0 Å². The van der Waals surface area contributed by atoms with Crippen LogP contribution in [0.2, 0.25) is 0 Å². The summed E-state index contributed by atoms with van der Waals surface area (Å²) in [5.41, 5.74) is 0. The van der Waals surface area contributed by atoms with Crippen molar-refractivity contribution in [3.05, 3.63) is 0 Å². The van der Waals surface area contributed by atoms with Crippen LogP contribution in [-0.4, -0.2) is 30.3 Å². The largest absolute Gasteiger partial charge is 0.385 e. The lowest BCUT2D eigenvalue weighted by atomic mass is 10.1. The van der Waals surface area contributed by atoms with E-state index in [1.807, 2.05) is 13.8 Å². The van der Waals surface area contributed by atoms with Crippen molar-refractivity contribution in [2.45, 2.75) is 26.4 Å². The van der Waals surface area contributed by atoms with Crippen LogP contribution in [0.25, 0.3) is 0 Å². The van der Waals surface area contributed by atoms with Crippen molar-refractivity contribution < 1.29 is 13.1 Å². The monoisotopic (exact) mass is 194 g/mol. The van der Waals surface area contributed by atoms with Crippen molar-refractivity contribution in [1.82, 2.24) is 0 Å². The summed E-state index contributed by atoms with van der Waals surface area (Å²) in [6.45, 7) is 4.75. The van der Waals surface area contributed by atoms with Gasteiger partial charge in [-0.05, 0) is 12.3 Å². The molecule has 0 aliphatic rings. The Morgan fingerprint density at radius 3 is 2.33 bits per heavy atom. The second-order valence-electron chi connectivity index (χ2n) is 3.06. The van der Waals surface area contributed by atoms with Crippen molar-refractivity contribution in [3.63, 3.8) is 0 Å². The zero-order chi connectivity index (χ0) is 9.56. The predicted molar refractivity (Wildman–Crippen MR) is 50.3 cm³/mol. The van der Waals surface area contributed by atoms with E-state index in [0.717, 1.165) is 6.42 Å². The summed E-state index contributed by atoms with van der Waals surface area (Å²) in [7, 11) is 1.65. The van der Waals surface area contributed by atoms with Crippen molar-refractivity contribution in [2.24, 2.45) is 5.92 Å². The van der Waals surface area contributed by atoms with Gasteiger partial charge in [0.1, 0.15) is 0 Å². The molecule has 4 heteroatoms. The van der Waals surface area contributed by atoms with Crippen LogP contribution in [0.4, 0.5) is 0 Å². The van der Waals surface area contributed by atoms with E-state index in [0.29, 0.717) is 12.5 Å². The summed E-state index contributed by atoms with van der Waals surface area (Å²) in [6.07, 6.45) is 2.38. The molecule has 0 aromatic carbocycles. The molecule has 0 aliphatic carbocycles. The molecule has 12 heavy (non-hydrogen) atoms. The average molecular weight is 194 g/mol. The summed E-state index contributed by atoms with van der Waals surface area (Å²) in [4.78, 5) is 0. The normalized spacial score (nSPS) is 16.4. The van der Waals surface area contributed by atoms with Crippen LogP contribution in [-0.2, 0) is 20.0 Å². The maximum Gasteiger partial charge on any atom is 0.152 e. The highest BCUT2D eigenvalue weighted by Crippen LogP contribution is 2.11. The second kappa shape index (κ2) is 6.57. The molecule has 0 spiro atoms. The number of ether oxygens (including phenoxy) is 1. The zero-order valence-electron chi connectivity index (χ0n) is 8.20. The maximum absolute atomic E-state index is 10.8. The minimum atomic E-state index is -1.18. The molecule has 0 saturated heterocycles. The van der Waals surface area contributed by atoms with Crippen LogP contribution >= 0.6 is 0 Å². The SMILES string of the molecule is COCCC(OS(C)=O)C(C)C. The second-order valence-corrected chi connectivity index (χ2v) is 4.06. The highest BCUT2D eigenvalue weighted by molar-refractivity contribution is 7.79. The Hall–Kier alpha value is 0.0700. The molecule has 0 heterocycles. The lowest BCUT2D eigenvalue weighted by molar-refractivity contribution is 0.108. The molecule has 0 radical (unpaired) electrons. The van der Waals surface area contributed by atoms with E-state index in [9.17, 15) is 4.21 Å². The van der Waals surface area contributed by atoms with Crippen molar-refractivity contribution in [1.29, 1.82) is 0 Å². The molecule has 3 nitrogen and oxygen atoms in total. The van der Waals surface area contributed by atoms with Crippen LogP contribution in [0.15, 0.2) is 0 Å². The number of hydrogen-bond acceptors (Lipinski definition) is 3. The Bertz CT molecular complexity index is 136. The Labute approximate surface area is 77.1 Å². The zero-order valence-corrected chi connectivity index (χ0v) is 9.02. The fourth-order valence-corrected chi connectivity index (χ4v) is 1.57. The molecule has 0 N–H and O–H groups in total. The summed E-state index contributed by atoms with van der Waals surface area (Å²) < 4.78 is 20.9. The first-order valence-corrected chi connectivity index (χ1v) is 5.55. The lowest BCUT2D eigenvalue weighted by Crippen LogP contribution is -2.22. The lowest BCUT2D eigenvalue weighted by Gasteiger charge is -2.18. The third kappa shape index (κ3) is 5.69. The quantitative estimate of drug-likeness (QED) is 0.640. The molecule has 0 aromatic heterocycles. The van der Waals surface area contributed by atoms with Crippen molar-refractivity contribution in [3.8, 4) is 0 Å². The predicted octanol–water partition coefficient (Wildman–Crippen LogP) is 1.36. The topological polar surface area (TPSA) is 35.5 Å². The first-order valence-electron chi connectivity index (χ1n) is 4.07. The molecule has 0 saturated carbocycles. The van der Waals surface area contributed by atoms with E-state index in [-0.39, 0.29) is 6.10 Å². The molecule has 0 aromatic rings. The van der Waals surface area contributed by atoms with Gasteiger partial charge in [0, 0.05) is 20.0 Å². The Balaban J connectivity index is 3.78. The molecule has 0 fully saturated rings. The van der Waals surface area contributed by atoms with E-state index in [1.165, 1.54) is 0 Å². The molecule has 0 amide bonds. The average Bonchev–Trinajstić information content (AvgIpc) is 1.96. The van der Waals surface area contributed by atoms with Gasteiger partial charge in [0.05, 0.1) is 6.10 Å². The molecule has 0 rings (SSSR count). The number of rotatable bonds is 6. The van der Waals surface area contributed by atoms with Crippen LogP contribution in [0.3, 0.4) is 0 Å². The maximum atomic E-state index is 10.8. The molecule has 2 unspecified atom stereocenters. The van der Waals surface area contributed by atoms with Crippen LogP contribution in [0.1, 0.15) is 20.3 Å². The van der Waals surface area contributed by atoms with Gasteiger partial charge < -0.3 is 4.74 Å². The first-order chi connectivity index (χ1) is 5.57. The van der Waals surface area contributed by atoms with Crippen LogP contribution in [0, 0.1) is 5.92 Å². The van der Waals surface area contributed by atoms with Gasteiger partial charge in [0.2, 0.25) is 0 Å². The molecule has 2 atom stereocenters. The molecular formula is C8H18O3S. The highest BCUT2D eigenvalue weighted by Gasteiger charge is 2.15. The fraction of sp³-hybridized carbons (Fsp3) is 1.00. The molecule has 0 aliphatic heterocycles. The fourth-order valence-electron chi connectivity index (χ4n) is 0.901. The Morgan fingerprint density at radius 2 is 2.00 bits per heavy atom. The summed E-state index contributed by atoms with van der Waals surface area (Å²) in [5, 5.41) is 0. The van der Waals surface area contributed by atoms with Crippen molar-refractivity contribution >= 4 is 11.1 Å². The number of hydrogen-bond donors (Lipinski definition) is 0. The Morgan fingerprint density at radius 1 is 1.42 bits per heavy atom. The number of methoxy groups -OCH3 is 1. The Kier molecular flexibility index (Phi) is 6.61. The van der Waals surface area contributed by atoms with E-state index < -0.39 is 11.1 Å². The van der Waals surface area contributed by atoms with E-state index >= 15 is 0 Å². The molecule has 74 valence electrons. The van der Waals surface area contributed by atoms with Gasteiger partial charge in [0.15, 0.2) is 11.1 Å². The summed E-state index contributed by atoms with van der Waals surface area (Å²) in [6, 6.07) is 0. The summed E-state index contributed by atoms with van der Waals surface area (Å²) in [5.74, 6) is 0.379. The van der Waals surface area contributed by atoms with Crippen LogP contribution in [0.5, 0.6) is 0 Å². The third-order valence-corrected chi connectivity index (χ3v) is 2.13. The van der Waals surface area contributed by atoms with Gasteiger partial charge >= 0.3 is 0 Å². The van der Waals surface area contributed by atoms with E-state index in [4.69, 9.17) is 8.92 Å². The van der Waals surface area contributed by atoms with Crippen LogP contribution < -0.4 is 0 Å². The van der Waals surface area contributed by atoms with Gasteiger partial charge in [-0.25, -0.2) is 4.21 Å². The highest BCUT2D eigenvalue weighted by atomic mass is 32.2. The minimum Gasteiger partial charge on any atom is -0.385 e.